The zero-order valence-corrected chi connectivity index (χ0v) is 12.8. The zero-order valence-electron chi connectivity index (χ0n) is 10.7. The van der Waals surface area contributed by atoms with Crippen molar-refractivity contribution in [2.45, 2.75) is 0 Å². The summed E-state index contributed by atoms with van der Waals surface area (Å²) >= 11 is 1.94. The number of aromatic nitrogens is 2. The van der Waals surface area contributed by atoms with E-state index in [-0.39, 0.29) is 0 Å². The van der Waals surface area contributed by atoms with Gasteiger partial charge in [-0.3, -0.25) is 15.4 Å². The topological polar surface area (TPSA) is 78.9 Å². The minimum atomic E-state index is 0.399. The predicted molar refractivity (Wildman–Crippen MR) is 87.1 cm³/mol. The highest BCUT2D eigenvalue weighted by molar-refractivity contribution is 14.1. The van der Waals surface area contributed by atoms with Crippen LogP contribution in [0.2, 0.25) is 0 Å². The molecule has 0 amide bonds. The normalized spacial score (nSPS) is 10.3. The maximum atomic E-state index is 7.70. The van der Waals surface area contributed by atoms with Crippen LogP contribution in [0, 0.1) is 5.41 Å². The fourth-order valence-electron chi connectivity index (χ4n) is 1.63. The standard InChI is InChI=1S/C13H14IN5/c1-19(2)9-3-8(5-17-6-9)12-4-10(13(14)16)11(15)7-18-12/h3-7,16H,15H2,1-2H3. The molecular formula is C13H14IN5. The second-order valence-corrected chi connectivity index (χ2v) is 5.38. The van der Waals surface area contributed by atoms with E-state index in [0.717, 1.165) is 16.9 Å². The lowest BCUT2D eigenvalue weighted by Gasteiger charge is -2.13. The van der Waals surface area contributed by atoms with E-state index in [2.05, 4.69) is 9.97 Å². The molecule has 0 bridgehead atoms. The fourth-order valence-corrected chi connectivity index (χ4v) is 2.09. The number of anilines is 2. The van der Waals surface area contributed by atoms with Crippen molar-refractivity contribution in [1.29, 1.82) is 5.41 Å². The molecule has 0 unspecified atom stereocenters. The molecule has 2 rings (SSSR count). The summed E-state index contributed by atoms with van der Waals surface area (Å²) in [5.74, 6) is 0. The van der Waals surface area contributed by atoms with Gasteiger partial charge in [0.05, 0.1) is 29.5 Å². The Hall–Kier alpha value is -1.70. The van der Waals surface area contributed by atoms with Crippen molar-refractivity contribution in [3.05, 3.63) is 36.3 Å². The molecule has 0 saturated carbocycles. The third-order valence-corrected chi connectivity index (χ3v) is 3.29. The lowest BCUT2D eigenvalue weighted by Crippen LogP contribution is -2.09. The Labute approximate surface area is 125 Å². The zero-order chi connectivity index (χ0) is 14.0. The molecule has 2 aromatic heterocycles. The van der Waals surface area contributed by atoms with Crippen LogP contribution in [0.25, 0.3) is 11.3 Å². The summed E-state index contributed by atoms with van der Waals surface area (Å²) < 4.78 is 0.399. The molecule has 0 aliphatic carbocycles. The van der Waals surface area contributed by atoms with E-state index < -0.39 is 0 Å². The Kier molecular flexibility index (Phi) is 3.98. The summed E-state index contributed by atoms with van der Waals surface area (Å²) in [5.41, 5.74) is 9.70. The van der Waals surface area contributed by atoms with Gasteiger partial charge in [0.25, 0.3) is 0 Å². The lowest BCUT2D eigenvalue weighted by atomic mass is 10.1. The Bertz CT molecular complexity index is 624. The first-order chi connectivity index (χ1) is 8.99. The molecule has 5 nitrogen and oxygen atoms in total. The van der Waals surface area contributed by atoms with Gasteiger partial charge in [-0.15, -0.1) is 0 Å². The van der Waals surface area contributed by atoms with Crippen molar-refractivity contribution in [3.63, 3.8) is 0 Å². The molecular weight excluding hydrogens is 353 g/mol. The number of hydrogen-bond acceptors (Lipinski definition) is 5. The minimum Gasteiger partial charge on any atom is -0.397 e. The molecule has 0 atom stereocenters. The maximum absolute atomic E-state index is 7.70. The van der Waals surface area contributed by atoms with Crippen molar-refractivity contribution in [3.8, 4) is 11.3 Å². The molecule has 0 radical (unpaired) electrons. The molecule has 2 aromatic rings. The van der Waals surface area contributed by atoms with Gasteiger partial charge in [-0.05, 0) is 34.7 Å². The number of hydrogen-bond donors (Lipinski definition) is 2. The third-order valence-electron chi connectivity index (χ3n) is 2.71. The second kappa shape index (κ2) is 5.52. The van der Waals surface area contributed by atoms with Crippen LogP contribution in [0.4, 0.5) is 11.4 Å². The summed E-state index contributed by atoms with van der Waals surface area (Å²) in [6.07, 6.45) is 5.13. The summed E-state index contributed by atoms with van der Waals surface area (Å²) in [7, 11) is 3.92. The lowest BCUT2D eigenvalue weighted by molar-refractivity contribution is 1.11. The van der Waals surface area contributed by atoms with Crippen LogP contribution in [0.3, 0.4) is 0 Å². The van der Waals surface area contributed by atoms with Crippen LogP contribution in [0.5, 0.6) is 0 Å². The highest BCUT2D eigenvalue weighted by Crippen LogP contribution is 2.24. The summed E-state index contributed by atoms with van der Waals surface area (Å²) in [6, 6.07) is 3.83. The van der Waals surface area contributed by atoms with Crippen LogP contribution in [-0.4, -0.2) is 27.8 Å². The van der Waals surface area contributed by atoms with Gasteiger partial charge in [-0.25, -0.2) is 0 Å². The van der Waals surface area contributed by atoms with Gasteiger partial charge in [-0.2, -0.15) is 0 Å². The summed E-state index contributed by atoms with van der Waals surface area (Å²) in [5, 5.41) is 7.70. The molecule has 0 saturated heterocycles. The average molecular weight is 367 g/mol. The Morgan fingerprint density at radius 2 is 2.00 bits per heavy atom. The Morgan fingerprint density at radius 1 is 1.26 bits per heavy atom. The molecule has 0 aliphatic rings. The molecule has 6 heteroatoms. The van der Waals surface area contributed by atoms with Gasteiger partial charge in [0.15, 0.2) is 0 Å². The average Bonchev–Trinajstić information content (AvgIpc) is 2.39. The van der Waals surface area contributed by atoms with Gasteiger partial charge in [0, 0.05) is 31.4 Å². The van der Waals surface area contributed by atoms with Gasteiger partial charge in [0.2, 0.25) is 0 Å². The monoisotopic (exact) mass is 367 g/mol. The predicted octanol–water partition coefficient (Wildman–Crippen LogP) is 2.55. The number of rotatable bonds is 3. The molecule has 2 heterocycles. The molecule has 98 valence electrons. The van der Waals surface area contributed by atoms with Gasteiger partial charge < -0.3 is 10.6 Å². The van der Waals surface area contributed by atoms with Crippen molar-refractivity contribution in [2.75, 3.05) is 24.7 Å². The van der Waals surface area contributed by atoms with E-state index in [0.29, 0.717) is 15.0 Å². The quantitative estimate of drug-likeness (QED) is 0.646. The largest absolute Gasteiger partial charge is 0.397 e. The first-order valence-electron chi connectivity index (χ1n) is 5.61. The first-order valence-corrected chi connectivity index (χ1v) is 6.69. The minimum absolute atomic E-state index is 0.399. The van der Waals surface area contributed by atoms with Crippen LogP contribution in [0.15, 0.2) is 30.7 Å². The highest BCUT2D eigenvalue weighted by Gasteiger charge is 2.08. The van der Waals surface area contributed by atoms with Gasteiger partial charge in [0.1, 0.15) is 3.72 Å². The molecule has 0 fully saturated rings. The molecule has 0 spiro atoms. The second-order valence-electron chi connectivity index (χ2n) is 4.30. The SMILES string of the molecule is CN(C)c1cncc(-c2cc(C(=N)I)c(N)cn2)c1. The Morgan fingerprint density at radius 3 is 2.63 bits per heavy atom. The van der Waals surface area contributed by atoms with E-state index in [1.165, 1.54) is 0 Å². The van der Waals surface area contributed by atoms with E-state index in [9.17, 15) is 0 Å². The number of halogens is 1. The molecule has 0 aromatic carbocycles. The third kappa shape index (κ3) is 3.01. The fraction of sp³-hybridized carbons (Fsp3) is 0.154. The van der Waals surface area contributed by atoms with Crippen LogP contribution in [-0.2, 0) is 0 Å². The van der Waals surface area contributed by atoms with Crippen molar-refractivity contribution >= 4 is 37.7 Å². The first kappa shape index (κ1) is 13.7. The Balaban J connectivity index is 2.50. The van der Waals surface area contributed by atoms with Crippen LogP contribution < -0.4 is 10.6 Å². The highest BCUT2D eigenvalue weighted by atomic mass is 127. The van der Waals surface area contributed by atoms with E-state index in [4.69, 9.17) is 11.1 Å². The molecule has 3 N–H and O–H groups in total. The van der Waals surface area contributed by atoms with Crippen LogP contribution in [0.1, 0.15) is 5.56 Å². The van der Waals surface area contributed by atoms with Gasteiger partial charge in [-0.1, -0.05) is 0 Å². The van der Waals surface area contributed by atoms with Crippen molar-refractivity contribution in [1.82, 2.24) is 9.97 Å². The number of pyridine rings is 2. The van der Waals surface area contributed by atoms with Crippen LogP contribution >= 0.6 is 22.6 Å². The van der Waals surface area contributed by atoms with E-state index in [1.54, 1.807) is 18.6 Å². The number of nitrogens with one attached hydrogen (secondary N) is 1. The molecule has 19 heavy (non-hydrogen) atoms. The molecule has 0 aliphatic heterocycles. The summed E-state index contributed by atoms with van der Waals surface area (Å²) in [6.45, 7) is 0. The maximum Gasteiger partial charge on any atom is 0.101 e. The van der Waals surface area contributed by atoms with E-state index >= 15 is 0 Å². The smallest absolute Gasteiger partial charge is 0.101 e. The van der Waals surface area contributed by atoms with Crippen molar-refractivity contribution in [2.24, 2.45) is 0 Å². The van der Waals surface area contributed by atoms with Crippen molar-refractivity contribution < 1.29 is 0 Å². The van der Waals surface area contributed by atoms with Gasteiger partial charge >= 0.3 is 0 Å². The number of nitrogens with zero attached hydrogens (tertiary/aromatic N) is 3. The summed E-state index contributed by atoms with van der Waals surface area (Å²) in [4.78, 5) is 10.5. The van der Waals surface area contributed by atoms with E-state index in [1.807, 2.05) is 53.7 Å². The number of nitrogen functional groups attached to an aromatic ring is 1. The number of nitrogens with two attached hydrogens (primary N) is 1.